The highest BCUT2D eigenvalue weighted by atomic mass is 15.0. The molecule has 0 fully saturated rings. The molecule has 4 heteroatoms. The predicted octanol–water partition coefficient (Wildman–Crippen LogP) is 14.6. The van der Waals surface area contributed by atoms with E-state index in [4.69, 9.17) is 15.0 Å². The molecular weight excluding hydrogens is 741 g/mol. The molecular formula is C57H44N4. The van der Waals surface area contributed by atoms with Crippen molar-refractivity contribution in [2.75, 3.05) is 0 Å². The highest BCUT2D eigenvalue weighted by Gasteiger charge is 2.21. The molecule has 2 heterocycles. The minimum Gasteiger partial charge on any atom is -0.308 e. The van der Waals surface area contributed by atoms with Crippen molar-refractivity contribution in [1.29, 1.82) is 0 Å². The summed E-state index contributed by atoms with van der Waals surface area (Å²) in [5.74, 6) is 0.711. The minimum absolute atomic E-state index is 0.520. The largest absolute Gasteiger partial charge is 0.308 e. The smallest absolute Gasteiger partial charge is 0.155 e. The van der Waals surface area contributed by atoms with Gasteiger partial charge < -0.3 is 4.57 Å². The van der Waals surface area contributed by atoms with Crippen molar-refractivity contribution in [2.24, 2.45) is 9.98 Å². The van der Waals surface area contributed by atoms with Crippen LogP contribution in [0.5, 0.6) is 0 Å². The summed E-state index contributed by atoms with van der Waals surface area (Å²) in [6.07, 6.45) is 1.75. The number of aliphatic imine (C=N–C) groups is 2. The molecule has 292 valence electrons. The van der Waals surface area contributed by atoms with Crippen LogP contribution in [0.3, 0.4) is 0 Å². The number of hydrogen-bond donors (Lipinski definition) is 0. The van der Waals surface area contributed by atoms with Gasteiger partial charge in [-0.3, -0.25) is 4.99 Å². The molecule has 61 heavy (non-hydrogen) atoms. The van der Waals surface area contributed by atoms with Gasteiger partial charge in [-0.15, -0.1) is 0 Å². The maximum Gasteiger partial charge on any atom is 0.155 e. The molecule has 10 aromatic rings. The lowest BCUT2D eigenvalue weighted by Crippen LogP contribution is -2.08. The Morgan fingerprint density at radius 3 is 1.74 bits per heavy atom. The number of rotatable bonds is 10. The van der Waals surface area contributed by atoms with E-state index in [1.54, 1.807) is 0 Å². The van der Waals surface area contributed by atoms with E-state index < -0.39 is 0 Å². The summed E-state index contributed by atoms with van der Waals surface area (Å²) < 4.78 is 2.39. The van der Waals surface area contributed by atoms with Crippen LogP contribution in [0.25, 0.3) is 71.9 Å². The summed E-state index contributed by atoms with van der Waals surface area (Å²) >= 11 is 0. The van der Waals surface area contributed by atoms with Gasteiger partial charge in [-0.25, -0.2) is 9.98 Å². The summed E-state index contributed by atoms with van der Waals surface area (Å²) in [6, 6.07) is 75.1. The van der Waals surface area contributed by atoms with Gasteiger partial charge in [0.1, 0.15) is 0 Å². The first-order valence-electron chi connectivity index (χ1n) is 21.1. The zero-order valence-corrected chi connectivity index (χ0v) is 34.1. The fourth-order valence-electron chi connectivity index (χ4n) is 8.47. The highest BCUT2D eigenvalue weighted by molar-refractivity contribution is 6.22. The summed E-state index contributed by atoms with van der Waals surface area (Å²) in [7, 11) is 0. The third-order valence-electron chi connectivity index (χ3n) is 11.4. The Balaban J connectivity index is 1.13. The third-order valence-corrected chi connectivity index (χ3v) is 11.4. The number of aromatic nitrogens is 2. The fraction of sp³-hybridized carbons (Fsp3) is 0.0702. The molecule has 0 N–H and O–H groups in total. The van der Waals surface area contributed by atoms with E-state index in [0.29, 0.717) is 12.4 Å². The topological polar surface area (TPSA) is 42.5 Å². The molecule has 0 saturated heterocycles. The van der Waals surface area contributed by atoms with Crippen LogP contribution in [0.2, 0.25) is 0 Å². The molecule has 0 unspecified atom stereocenters. The third kappa shape index (κ3) is 7.56. The Hall–Kier alpha value is -7.69. The van der Waals surface area contributed by atoms with Crippen LogP contribution in [0.15, 0.2) is 222 Å². The monoisotopic (exact) mass is 784 g/mol. The van der Waals surface area contributed by atoms with Gasteiger partial charge in [0, 0.05) is 33.0 Å². The quantitative estimate of drug-likeness (QED) is 0.101. The summed E-state index contributed by atoms with van der Waals surface area (Å²) in [4.78, 5) is 16.2. The molecule has 10 rings (SSSR count). The number of nitrogens with zero attached hydrogens (tertiary/aromatic N) is 4. The number of pyridine rings is 1. The molecule has 0 spiro atoms. The van der Waals surface area contributed by atoms with Gasteiger partial charge >= 0.3 is 0 Å². The normalized spacial score (nSPS) is 12.1. The zero-order valence-electron chi connectivity index (χ0n) is 34.1. The molecule has 0 atom stereocenters. The number of amidine groups is 1. The van der Waals surface area contributed by atoms with E-state index in [2.05, 4.69) is 218 Å². The SMILES string of the molecule is CCC/C(=N\C(=N/Cc1ccccc1)c1ccc(-c2nc3ccccc3c3c2c2ccccc2n3-c2ccccc2)cc1)c1cc(-c2ccccc2)cc(-c2ccccc2)c1. The molecule has 0 amide bonds. The number of fused-ring (bicyclic) bond motifs is 5. The lowest BCUT2D eigenvalue weighted by atomic mass is 9.93. The van der Waals surface area contributed by atoms with Gasteiger partial charge in [0.05, 0.1) is 34.5 Å². The lowest BCUT2D eigenvalue weighted by molar-refractivity contribution is 0.992. The van der Waals surface area contributed by atoms with Gasteiger partial charge in [-0.2, -0.15) is 0 Å². The Labute approximate surface area is 356 Å². The Morgan fingerprint density at radius 2 is 1.08 bits per heavy atom. The van der Waals surface area contributed by atoms with Gasteiger partial charge in [0.15, 0.2) is 5.84 Å². The van der Waals surface area contributed by atoms with Crippen LogP contribution in [0.4, 0.5) is 0 Å². The molecule has 0 saturated carbocycles. The van der Waals surface area contributed by atoms with Crippen molar-refractivity contribution in [2.45, 2.75) is 26.3 Å². The minimum atomic E-state index is 0.520. The van der Waals surface area contributed by atoms with Crippen molar-refractivity contribution in [3.05, 3.63) is 229 Å². The van der Waals surface area contributed by atoms with Crippen LogP contribution in [-0.2, 0) is 6.54 Å². The van der Waals surface area contributed by atoms with Crippen molar-refractivity contribution in [1.82, 2.24) is 9.55 Å². The van der Waals surface area contributed by atoms with Crippen molar-refractivity contribution in [3.63, 3.8) is 0 Å². The summed E-state index contributed by atoms with van der Waals surface area (Å²) in [5, 5.41) is 3.43. The van der Waals surface area contributed by atoms with Crippen LogP contribution in [-0.4, -0.2) is 21.1 Å². The zero-order chi connectivity index (χ0) is 41.0. The molecule has 2 aromatic heterocycles. The maximum absolute atomic E-state index is 5.51. The van der Waals surface area contributed by atoms with Gasteiger partial charge in [-0.1, -0.05) is 183 Å². The van der Waals surface area contributed by atoms with E-state index in [1.165, 1.54) is 16.5 Å². The summed E-state index contributed by atoms with van der Waals surface area (Å²) in [6.45, 7) is 2.74. The van der Waals surface area contributed by atoms with E-state index in [9.17, 15) is 0 Å². The summed E-state index contributed by atoms with van der Waals surface area (Å²) in [5.41, 5.74) is 15.3. The van der Waals surface area contributed by atoms with Gasteiger partial charge in [0.25, 0.3) is 0 Å². The van der Waals surface area contributed by atoms with E-state index in [0.717, 1.165) is 90.6 Å². The lowest BCUT2D eigenvalue weighted by Gasteiger charge is -2.14. The van der Waals surface area contributed by atoms with Crippen LogP contribution in [0, 0.1) is 0 Å². The first kappa shape index (κ1) is 37.6. The molecule has 0 radical (unpaired) electrons. The molecule has 4 nitrogen and oxygen atoms in total. The highest BCUT2D eigenvalue weighted by Crippen LogP contribution is 2.41. The molecule has 0 aliphatic carbocycles. The van der Waals surface area contributed by atoms with E-state index >= 15 is 0 Å². The maximum atomic E-state index is 5.51. The average molecular weight is 785 g/mol. The first-order valence-corrected chi connectivity index (χ1v) is 21.1. The number of hydrogen-bond acceptors (Lipinski definition) is 2. The van der Waals surface area contributed by atoms with Gasteiger partial charge in [-0.05, 0) is 82.3 Å². The van der Waals surface area contributed by atoms with Crippen LogP contribution in [0.1, 0.15) is 36.5 Å². The van der Waals surface area contributed by atoms with Crippen LogP contribution >= 0.6 is 0 Å². The second kappa shape index (κ2) is 16.9. The number of para-hydroxylation sites is 3. The average Bonchev–Trinajstić information content (AvgIpc) is 3.69. The Bertz CT molecular complexity index is 3130. The fourth-order valence-corrected chi connectivity index (χ4v) is 8.47. The Kier molecular flexibility index (Phi) is 10.4. The van der Waals surface area contributed by atoms with Crippen molar-refractivity contribution >= 4 is 44.3 Å². The van der Waals surface area contributed by atoms with E-state index in [1.807, 2.05) is 6.07 Å². The second-order valence-electron chi connectivity index (χ2n) is 15.4. The Morgan fingerprint density at radius 1 is 0.508 bits per heavy atom. The van der Waals surface area contributed by atoms with Crippen molar-refractivity contribution in [3.8, 4) is 39.2 Å². The molecule has 0 aliphatic heterocycles. The van der Waals surface area contributed by atoms with Crippen molar-refractivity contribution < 1.29 is 0 Å². The predicted molar refractivity (Wildman–Crippen MR) is 257 cm³/mol. The first-order chi connectivity index (χ1) is 30.2. The van der Waals surface area contributed by atoms with Crippen LogP contribution < -0.4 is 0 Å². The molecule has 0 bridgehead atoms. The molecule has 0 aliphatic rings. The molecule has 8 aromatic carbocycles. The number of benzene rings is 8. The van der Waals surface area contributed by atoms with E-state index in [-0.39, 0.29) is 0 Å². The standard InChI is InChI=1S/C57H44N4/c1-2-19-51(47-37-45(41-22-9-4-10-23-41)36-46(38-47)42-24-11-5-12-25-42)60-57(58-39-40-20-7-3-8-21-40)44-34-32-43(33-35-44)55-54-50-29-16-18-31-53(50)61(48-26-13-6-14-27-48)56(54)49-28-15-17-30-52(49)59-55/h3-18,20-38H,2,19,39H2,1H3/b58-57-,60-51+. The second-order valence-corrected chi connectivity index (χ2v) is 15.4. The van der Waals surface area contributed by atoms with Gasteiger partial charge in [0.2, 0.25) is 0 Å².